The van der Waals surface area contributed by atoms with E-state index in [1.165, 1.54) is 16.4 Å². The number of nitrogens with two attached hydrogens (primary N) is 1. The van der Waals surface area contributed by atoms with E-state index in [2.05, 4.69) is 11.6 Å². The van der Waals surface area contributed by atoms with Gasteiger partial charge in [-0.3, -0.25) is 4.72 Å². The molecule has 1 aromatic rings. The van der Waals surface area contributed by atoms with Crippen LogP contribution in [0.1, 0.15) is 19.8 Å². The van der Waals surface area contributed by atoms with Crippen LogP contribution in [0, 0.1) is 11.7 Å². The maximum absolute atomic E-state index is 13.0. The van der Waals surface area contributed by atoms with Crippen molar-refractivity contribution in [3.63, 3.8) is 0 Å². The highest BCUT2D eigenvalue weighted by molar-refractivity contribution is 7.90. The molecule has 2 rings (SSSR count). The van der Waals surface area contributed by atoms with Gasteiger partial charge in [0.1, 0.15) is 5.82 Å². The van der Waals surface area contributed by atoms with Gasteiger partial charge in [-0.1, -0.05) is 6.92 Å². The SMILES string of the molecule is CC1CCN(S(=O)(=O)Nc2ccc(F)c(N)c2)CC1. The molecule has 0 saturated carbocycles. The Hall–Kier alpha value is -1.34. The van der Waals surface area contributed by atoms with Gasteiger partial charge in [0.15, 0.2) is 0 Å². The second-order valence-corrected chi connectivity index (χ2v) is 6.60. The van der Waals surface area contributed by atoms with E-state index in [1.807, 2.05) is 0 Å². The summed E-state index contributed by atoms with van der Waals surface area (Å²) in [6, 6.07) is 3.78. The quantitative estimate of drug-likeness (QED) is 0.832. The molecule has 1 saturated heterocycles. The van der Waals surface area contributed by atoms with Gasteiger partial charge in [-0.05, 0) is 37.0 Å². The number of hydrogen-bond donors (Lipinski definition) is 2. The minimum Gasteiger partial charge on any atom is -0.396 e. The van der Waals surface area contributed by atoms with Gasteiger partial charge in [0.2, 0.25) is 0 Å². The standard InChI is InChI=1S/C12H18FN3O2S/c1-9-4-6-16(7-5-9)19(17,18)15-10-2-3-11(13)12(14)8-10/h2-3,8-9,15H,4-7,14H2,1H3. The minimum absolute atomic E-state index is 0.0764. The van der Waals surface area contributed by atoms with Crippen molar-refractivity contribution < 1.29 is 12.8 Å². The zero-order valence-electron chi connectivity index (χ0n) is 10.8. The van der Waals surface area contributed by atoms with Crippen molar-refractivity contribution in [2.24, 2.45) is 5.92 Å². The molecule has 0 aliphatic carbocycles. The second-order valence-electron chi connectivity index (χ2n) is 4.92. The first kappa shape index (κ1) is 14.1. The van der Waals surface area contributed by atoms with Gasteiger partial charge in [0, 0.05) is 13.1 Å². The molecule has 5 nitrogen and oxygen atoms in total. The lowest BCUT2D eigenvalue weighted by Crippen LogP contribution is -2.41. The normalized spacial score (nSPS) is 18.4. The van der Waals surface area contributed by atoms with Crippen molar-refractivity contribution in [1.82, 2.24) is 4.31 Å². The maximum atomic E-state index is 13.0. The summed E-state index contributed by atoms with van der Waals surface area (Å²) < 4.78 is 41.1. The summed E-state index contributed by atoms with van der Waals surface area (Å²) >= 11 is 0. The van der Waals surface area contributed by atoms with Crippen LogP contribution < -0.4 is 10.5 Å². The van der Waals surface area contributed by atoms with Crippen LogP contribution in [0.5, 0.6) is 0 Å². The highest BCUT2D eigenvalue weighted by Crippen LogP contribution is 2.22. The predicted octanol–water partition coefficient (Wildman–Crippen LogP) is 1.80. The van der Waals surface area contributed by atoms with Crippen molar-refractivity contribution in [2.75, 3.05) is 23.5 Å². The highest BCUT2D eigenvalue weighted by atomic mass is 32.2. The number of anilines is 2. The van der Waals surface area contributed by atoms with E-state index in [9.17, 15) is 12.8 Å². The fourth-order valence-electron chi connectivity index (χ4n) is 2.05. The van der Waals surface area contributed by atoms with Gasteiger partial charge in [-0.15, -0.1) is 0 Å². The molecule has 7 heteroatoms. The van der Waals surface area contributed by atoms with E-state index in [1.54, 1.807) is 0 Å². The number of hydrogen-bond acceptors (Lipinski definition) is 3. The first-order valence-electron chi connectivity index (χ1n) is 6.21. The number of piperidine rings is 1. The molecular weight excluding hydrogens is 269 g/mol. The van der Waals surface area contributed by atoms with Gasteiger partial charge < -0.3 is 5.73 Å². The van der Waals surface area contributed by atoms with E-state index in [0.29, 0.717) is 19.0 Å². The van der Waals surface area contributed by atoms with Crippen molar-refractivity contribution in [3.8, 4) is 0 Å². The Morgan fingerprint density at radius 1 is 1.37 bits per heavy atom. The Balaban J connectivity index is 2.10. The molecule has 0 spiro atoms. The molecule has 1 aromatic carbocycles. The van der Waals surface area contributed by atoms with E-state index in [4.69, 9.17) is 5.73 Å². The van der Waals surface area contributed by atoms with Crippen molar-refractivity contribution in [3.05, 3.63) is 24.0 Å². The fourth-order valence-corrected chi connectivity index (χ4v) is 3.29. The monoisotopic (exact) mass is 287 g/mol. The molecular formula is C12H18FN3O2S. The van der Waals surface area contributed by atoms with Crippen molar-refractivity contribution >= 4 is 21.6 Å². The van der Waals surface area contributed by atoms with Crippen molar-refractivity contribution in [2.45, 2.75) is 19.8 Å². The zero-order valence-corrected chi connectivity index (χ0v) is 11.6. The number of halogens is 1. The third-order valence-corrected chi connectivity index (χ3v) is 4.86. The molecule has 0 unspecified atom stereocenters. The molecule has 19 heavy (non-hydrogen) atoms. The molecule has 3 N–H and O–H groups in total. The van der Waals surface area contributed by atoms with Crippen LogP contribution in [0.25, 0.3) is 0 Å². The topological polar surface area (TPSA) is 75.4 Å². The molecule has 1 aliphatic rings. The Labute approximate surface area is 112 Å². The summed E-state index contributed by atoms with van der Waals surface area (Å²) in [4.78, 5) is 0. The van der Waals surface area contributed by atoms with Gasteiger partial charge in [0.05, 0.1) is 11.4 Å². The lowest BCUT2D eigenvalue weighted by Gasteiger charge is -2.29. The minimum atomic E-state index is -3.58. The highest BCUT2D eigenvalue weighted by Gasteiger charge is 2.26. The molecule has 106 valence electrons. The first-order chi connectivity index (χ1) is 8.88. The Bertz CT molecular complexity index is 554. The van der Waals surface area contributed by atoms with E-state index < -0.39 is 16.0 Å². The first-order valence-corrected chi connectivity index (χ1v) is 7.65. The molecule has 1 aliphatic heterocycles. The summed E-state index contributed by atoms with van der Waals surface area (Å²) in [7, 11) is -3.58. The van der Waals surface area contributed by atoms with Gasteiger partial charge in [-0.25, -0.2) is 4.39 Å². The van der Waals surface area contributed by atoms with Gasteiger partial charge >= 0.3 is 10.2 Å². The summed E-state index contributed by atoms with van der Waals surface area (Å²) in [5, 5.41) is 0. The lowest BCUT2D eigenvalue weighted by molar-refractivity contribution is 0.289. The summed E-state index contributed by atoms with van der Waals surface area (Å²) in [5.74, 6) is -0.0114. The van der Waals surface area contributed by atoms with E-state index >= 15 is 0 Å². The number of nitrogens with zero attached hydrogens (tertiary/aromatic N) is 1. The molecule has 1 heterocycles. The number of rotatable bonds is 3. The molecule has 0 amide bonds. The maximum Gasteiger partial charge on any atom is 0.301 e. The van der Waals surface area contributed by atoms with Crippen LogP contribution in [-0.4, -0.2) is 25.8 Å². The van der Waals surface area contributed by atoms with E-state index in [-0.39, 0.29) is 11.4 Å². The van der Waals surface area contributed by atoms with Crippen LogP contribution in [0.3, 0.4) is 0 Å². The summed E-state index contributed by atoms with van der Waals surface area (Å²) in [6.07, 6.45) is 1.71. The largest absolute Gasteiger partial charge is 0.396 e. The second kappa shape index (κ2) is 5.34. The summed E-state index contributed by atoms with van der Waals surface area (Å²) in [6.45, 7) is 3.12. The van der Waals surface area contributed by atoms with Crippen molar-refractivity contribution in [1.29, 1.82) is 0 Å². The van der Waals surface area contributed by atoms with Gasteiger partial charge in [0.25, 0.3) is 0 Å². The molecule has 0 atom stereocenters. The molecule has 0 radical (unpaired) electrons. The third-order valence-electron chi connectivity index (χ3n) is 3.33. The molecule has 0 bridgehead atoms. The van der Waals surface area contributed by atoms with E-state index in [0.717, 1.165) is 18.9 Å². The van der Waals surface area contributed by atoms with Crippen LogP contribution in [0.4, 0.5) is 15.8 Å². The van der Waals surface area contributed by atoms with Crippen LogP contribution in [0.15, 0.2) is 18.2 Å². The zero-order chi connectivity index (χ0) is 14.0. The Morgan fingerprint density at radius 2 is 2.00 bits per heavy atom. The number of nitrogen functional groups attached to an aromatic ring is 1. The average Bonchev–Trinajstić information content (AvgIpc) is 2.34. The third kappa shape index (κ3) is 3.36. The average molecular weight is 287 g/mol. The van der Waals surface area contributed by atoms with Crippen LogP contribution >= 0.6 is 0 Å². The van der Waals surface area contributed by atoms with Gasteiger partial charge in [-0.2, -0.15) is 12.7 Å². The lowest BCUT2D eigenvalue weighted by atomic mass is 10.0. The Kier molecular flexibility index (Phi) is 3.96. The molecule has 1 fully saturated rings. The number of benzene rings is 1. The predicted molar refractivity (Wildman–Crippen MR) is 73.3 cm³/mol. The summed E-state index contributed by atoms with van der Waals surface area (Å²) in [5.41, 5.74) is 5.61. The van der Waals surface area contributed by atoms with Crippen LogP contribution in [-0.2, 0) is 10.2 Å². The smallest absolute Gasteiger partial charge is 0.301 e. The Morgan fingerprint density at radius 3 is 2.58 bits per heavy atom. The van der Waals surface area contributed by atoms with Crippen LogP contribution in [0.2, 0.25) is 0 Å². The molecule has 0 aromatic heterocycles. The number of nitrogens with one attached hydrogen (secondary N) is 1. The fraction of sp³-hybridized carbons (Fsp3) is 0.500.